The Balaban J connectivity index is 1.68. The van der Waals surface area contributed by atoms with Crippen molar-refractivity contribution in [1.29, 1.82) is 0 Å². The van der Waals surface area contributed by atoms with Crippen LogP contribution in [0.15, 0.2) is 44.8 Å². The molecule has 0 saturated carbocycles. The topological polar surface area (TPSA) is 55.3 Å². The molecule has 0 atom stereocenters. The maximum absolute atomic E-state index is 5.47. The molecule has 23 heavy (non-hydrogen) atoms. The Kier molecular flexibility index (Phi) is 5.25. The van der Waals surface area contributed by atoms with Crippen molar-refractivity contribution in [2.24, 2.45) is 5.92 Å². The summed E-state index contributed by atoms with van der Waals surface area (Å²) < 4.78 is 10.9. The molecule has 0 unspecified atom stereocenters. The number of rotatable bonds is 8. The van der Waals surface area contributed by atoms with Gasteiger partial charge in [-0.05, 0) is 29.5 Å². The lowest BCUT2D eigenvalue weighted by molar-refractivity contribution is 0.198. The molecule has 3 heterocycles. The summed E-state index contributed by atoms with van der Waals surface area (Å²) >= 11 is 1.75. The molecule has 0 aromatic carbocycles. The van der Waals surface area contributed by atoms with E-state index in [1.54, 1.807) is 17.6 Å². The molecule has 0 aliphatic heterocycles. The van der Waals surface area contributed by atoms with Gasteiger partial charge in [0.1, 0.15) is 5.76 Å². The monoisotopic (exact) mass is 331 g/mol. The van der Waals surface area contributed by atoms with E-state index in [1.165, 1.54) is 4.88 Å². The maximum Gasteiger partial charge on any atom is 0.240 e. The molecule has 122 valence electrons. The predicted molar refractivity (Wildman–Crippen MR) is 88.8 cm³/mol. The lowest BCUT2D eigenvalue weighted by atomic mass is 10.1. The first-order chi connectivity index (χ1) is 11.2. The average molecular weight is 331 g/mol. The third kappa shape index (κ3) is 4.77. The lowest BCUT2D eigenvalue weighted by Crippen LogP contribution is -2.22. The molecule has 6 heteroatoms. The van der Waals surface area contributed by atoms with Gasteiger partial charge in [-0.3, -0.25) is 4.90 Å². The molecule has 0 bridgehead atoms. The van der Waals surface area contributed by atoms with Crippen LogP contribution in [0.3, 0.4) is 0 Å². The summed E-state index contributed by atoms with van der Waals surface area (Å²) in [5, 5.41) is 6.16. The zero-order valence-electron chi connectivity index (χ0n) is 13.4. The summed E-state index contributed by atoms with van der Waals surface area (Å²) in [4.78, 5) is 8.05. The van der Waals surface area contributed by atoms with Gasteiger partial charge in [0.15, 0.2) is 5.82 Å². The van der Waals surface area contributed by atoms with Gasteiger partial charge in [0.05, 0.1) is 19.4 Å². The molecule has 0 fully saturated rings. The minimum atomic E-state index is 0.519. The van der Waals surface area contributed by atoms with Gasteiger partial charge in [0, 0.05) is 17.8 Å². The molecule has 3 aromatic rings. The molecule has 0 radical (unpaired) electrons. The van der Waals surface area contributed by atoms with Gasteiger partial charge in [-0.25, -0.2) is 0 Å². The first-order valence-electron chi connectivity index (χ1n) is 7.77. The van der Waals surface area contributed by atoms with Gasteiger partial charge < -0.3 is 8.94 Å². The fourth-order valence-corrected chi connectivity index (χ4v) is 3.15. The third-order valence-corrected chi connectivity index (χ3v) is 4.24. The van der Waals surface area contributed by atoms with Crippen LogP contribution in [0.1, 0.15) is 36.2 Å². The van der Waals surface area contributed by atoms with Crippen molar-refractivity contribution in [3.63, 3.8) is 0 Å². The van der Waals surface area contributed by atoms with Crippen LogP contribution in [-0.2, 0) is 26.1 Å². The number of nitrogens with zero attached hydrogens (tertiary/aromatic N) is 3. The summed E-state index contributed by atoms with van der Waals surface area (Å²) in [5.41, 5.74) is 0. The first-order valence-corrected chi connectivity index (χ1v) is 8.65. The highest BCUT2D eigenvalue weighted by Gasteiger charge is 2.15. The molecule has 3 rings (SSSR count). The minimum Gasteiger partial charge on any atom is -0.468 e. The molecule has 0 aliphatic carbocycles. The SMILES string of the molecule is CC(C)Cc1noc(CN(Cc2ccco2)Cc2cccs2)n1. The molecule has 0 N–H and O–H groups in total. The van der Waals surface area contributed by atoms with Crippen LogP contribution in [0.4, 0.5) is 0 Å². The highest BCUT2D eigenvalue weighted by atomic mass is 32.1. The highest BCUT2D eigenvalue weighted by Crippen LogP contribution is 2.17. The number of furan rings is 1. The maximum atomic E-state index is 5.47. The van der Waals surface area contributed by atoms with Gasteiger partial charge in [-0.15, -0.1) is 11.3 Å². The minimum absolute atomic E-state index is 0.519. The quantitative estimate of drug-likeness (QED) is 0.621. The predicted octanol–water partition coefficient (Wildman–Crippen LogP) is 4.13. The fourth-order valence-electron chi connectivity index (χ4n) is 2.41. The number of hydrogen-bond donors (Lipinski definition) is 0. The first kappa shape index (κ1) is 16.0. The van der Waals surface area contributed by atoms with Crippen LogP contribution in [0.2, 0.25) is 0 Å². The van der Waals surface area contributed by atoms with Crippen molar-refractivity contribution in [3.05, 3.63) is 58.3 Å². The van der Waals surface area contributed by atoms with Crippen molar-refractivity contribution in [1.82, 2.24) is 15.0 Å². The van der Waals surface area contributed by atoms with Crippen molar-refractivity contribution in [3.8, 4) is 0 Å². The van der Waals surface area contributed by atoms with E-state index in [0.717, 1.165) is 24.6 Å². The van der Waals surface area contributed by atoms with E-state index in [-0.39, 0.29) is 0 Å². The Morgan fingerprint density at radius 1 is 1.17 bits per heavy atom. The summed E-state index contributed by atoms with van der Waals surface area (Å²) in [6.07, 6.45) is 2.54. The molecular formula is C17H21N3O2S. The zero-order valence-corrected chi connectivity index (χ0v) is 14.3. The van der Waals surface area contributed by atoms with Crippen molar-refractivity contribution in [2.45, 2.75) is 39.9 Å². The summed E-state index contributed by atoms with van der Waals surface area (Å²) in [5.74, 6) is 2.89. The zero-order chi connectivity index (χ0) is 16.1. The normalized spacial score (nSPS) is 11.7. The molecular weight excluding hydrogens is 310 g/mol. The molecule has 0 saturated heterocycles. The molecule has 0 aliphatic rings. The summed E-state index contributed by atoms with van der Waals surface area (Å²) in [6, 6.07) is 8.10. The Morgan fingerprint density at radius 2 is 2.09 bits per heavy atom. The van der Waals surface area contributed by atoms with Gasteiger partial charge in [-0.2, -0.15) is 4.98 Å². The van der Waals surface area contributed by atoms with E-state index in [0.29, 0.717) is 24.9 Å². The van der Waals surface area contributed by atoms with Gasteiger partial charge in [-0.1, -0.05) is 25.1 Å². The molecule has 0 amide bonds. The Bertz CT molecular complexity index is 653. The second kappa shape index (κ2) is 7.57. The molecule has 0 spiro atoms. The van der Waals surface area contributed by atoms with E-state index in [4.69, 9.17) is 8.94 Å². The van der Waals surface area contributed by atoms with Gasteiger partial charge in [0.2, 0.25) is 5.89 Å². The number of hydrogen-bond acceptors (Lipinski definition) is 6. The number of aromatic nitrogens is 2. The Hall–Kier alpha value is -1.92. The Morgan fingerprint density at radius 3 is 2.78 bits per heavy atom. The van der Waals surface area contributed by atoms with E-state index in [2.05, 4.69) is 46.4 Å². The second-order valence-corrected chi connectivity index (χ2v) is 7.04. The van der Waals surface area contributed by atoms with E-state index in [1.807, 2.05) is 12.1 Å². The van der Waals surface area contributed by atoms with Gasteiger partial charge >= 0.3 is 0 Å². The molecule has 5 nitrogen and oxygen atoms in total. The average Bonchev–Trinajstić information content (AvgIpc) is 3.22. The van der Waals surface area contributed by atoms with Crippen LogP contribution < -0.4 is 0 Å². The van der Waals surface area contributed by atoms with Crippen LogP contribution in [-0.4, -0.2) is 15.0 Å². The van der Waals surface area contributed by atoms with Crippen molar-refractivity contribution >= 4 is 11.3 Å². The number of thiophene rings is 1. The highest BCUT2D eigenvalue weighted by molar-refractivity contribution is 7.09. The second-order valence-electron chi connectivity index (χ2n) is 6.01. The standard InChI is InChI=1S/C17H21N3O2S/c1-13(2)9-16-18-17(22-19-16)12-20(10-14-5-3-7-21-14)11-15-6-4-8-23-15/h3-8,13H,9-12H2,1-2H3. The molecule has 3 aromatic heterocycles. The summed E-state index contributed by atoms with van der Waals surface area (Å²) in [7, 11) is 0. The largest absolute Gasteiger partial charge is 0.468 e. The van der Waals surface area contributed by atoms with E-state index < -0.39 is 0 Å². The smallest absolute Gasteiger partial charge is 0.240 e. The van der Waals surface area contributed by atoms with E-state index in [9.17, 15) is 0 Å². The lowest BCUT2D eigenvalue weighted by Gasteiger charge is -2.18. The van der Waals surface area contributed by atoms with Crippen LogP contribution >= 0.6 is 11.3 Å². The van der Waals surface area contributed by atoms with Crippen molar-refractivity contribution in [2.75, 3.05) is 0 Å². The Labute approximate surface area is 139 Å². The van der Waals surface area contributed by atoms with Crippen LogP contribution in [0.25, 0.3) is 0 Å². The van der Waals surface area contributed by atoms with Crippen molar-refractivity contribution < 1.29 is 8.94 Å². The van der Waals surface area contributed by atoms with E-state index >= 15 is 0 Å². The third-order valence-electron chi connectivity index (χ3n) is 3.38. The van der Waals surface area contributed by atoms with Crippen LogP contribution in [0, 0.1) is 5.92 Å². The fraction of sp³-hybridized carbons (Fsp3) is 0.412. The van der Waals surface area contributed by atoms with Crippen LogP contribution in [0.5, 0.6) is 0 Å². The van der Waals surface area contributed by atoms with Gasteiger partial charge in [0.25, 0.3) is 0 Å². The summed E-state index contributed by atoms with van der Waals surface area (Å²) in [6.45, 7) is 6.46.